The van der Waals surface area contributed by atoms with Gasteiger partial charge in [-0.05, 0) is 18.6 Å². The fourth-order valence-electron chi connectivity index (χ4n) is 4.66. The van der Waals surface area contributed by atoms with Crippen LogP contribution in [-0.2, 0) is 19.1 Å². The van der Waals surface area contributed by atoms with Crippen LogP contribution in [0.15, 0.2) is 18.3 Å². The summed E-state index contributed by atoms with van der Waals surface area (Å²) in [6, 6.07) is 3.87. The van der Waals surface area contributed by atoms with E-state index in [2.05, 4.69) is 9.88 Å². The summed E-state index contributed by atoms with van der Waals surface area (Å²) in [7, 11) is 0. The lowest BCUT2D eigenvalue weighted by Crippen LogP contribution is -2.47. The molecule has 10 heteroatoms. The van der Waals surface area contributed by atoms with Gasteiger partial charge in [0.15, 0.2) is 10.9 Å². The van der Waals surface area contributed by atoms with Crippen LogP contribution in [0.4, 0.5) is 5.13 Å². The van der Waals surface area contributed by atoms with Gasteiger partial charge in [-0.15, -0.1) is 0 Å². The molecule has 0 bridgehead atoms. The normalized spacial score (nSPS) is 21.3. The minimum atomic E-state index is -0.482. The van der Waals surface area contributed by atoms with Crippen molar-refractivity contribution >= 4 is 38.6 Å². The SMILES string of the molecule is O=C(CCC(=O)N1CCC2(CC1)OCCO2)N1CCCN(c2nc3cccnc3s2)CC1. The number of carbonyl (C=O) groups is 2. The molecule has 0 saturated carbocycles. The lowest BCUT2D eigenvalue weighted by Gasteiger charge is -2.37. The lowest BCUT2D eigenvalue weighted by atomic mass is 10.0. The summed E-state index contributed by atoms with van der Waals surface area (Å²) < 4.78 is 11.4. The van der Waals surface area contributed by atoms with Gasteiger partial charge in [-0.25, -0.2) is 9.97 Å². The Labute approximate surface area is 191 Å². The number of thiazole rings is 1. The van der Waals surface area contributed by atoms with Crippen LogP contribution in [0, 0.1) is 0 Å². The molecular formula is C22H29N5O4S. The molecule has 3 aliphatic heterocycles. The van der Waals surface area contributed by atoms with Crippen LogP contribution >= 0.6 is 11.3 Å². The van der Waals surface area contributed by atoms with Gasteiger partial charge in [0.1, 0.15) is 10.3 Å². The first kappa shape index (κ1) is 21.5. The summed E-state index contributed by atoms with van der Waals surface area (Å²) in [6.45, 7) is 5.49. The summed E-state index contributed by atoms with van der Waals surface area (Å²) in [5.41, 5.74) is 0.915. The van der Waals surface area contributed by atoms with E-state index in [0.29, 0.717) is 52.2 Å². The van der Waals surface area contributed by atoms with Crippen LogP contribution in [0.3, 0.4) is 0 Å². The highest BCUT2D eigenvalue weighted by Crippen LogP contribution is 2.31. The molecule has 3 aliphatic rings. The van der Waals surface area contributed by atoms with E-state index in [1.165, 1.54) is 0 Å². The fraction of sp³-hybridized carbons (Fsp3) is 0.636. The molecule has 1 spiro atoms. The molecule has 5 rings (SSSR count). The van der Waals surface area contributed by atoms with E-state index in [4.69, 9.17) is 14.5 Å². The molecular weight excluding hydrogens is 430 g/mol. The van der Waals surface area contributed by atoms with Crippen molar-refractivity contribution in [3.63, 3.8) is 0 Å². The molecule has 172 valence electrons. The number of anilines is 1. The summed E-state index contributed by atoms with van der Waals surface area (Å²) in [5.74, 6) is -0.379. The zero-order chi connectivity index (χ0) is 22.0. The minimum absolute atomic E-state index is 0.0459. The van der Waals surface area contributed by atoms with E-state index in [1.54, 1.807) is 17.5 Å². The highest BCUT2D eigenvalue weighted by molar-refractivity contribution is 7.21. The highest BCUT2D eigenvalue weighted by atomic mass is 32.1. The standard InChI is InChI=1S/C22H29N5O4S/c28-18(4-5-19(29)26-11-6-22(7-12-26)30-15-16-31-22)25-9-2-10-27(14-13-25)21-24-17-3-1-8-23-20(17)32-21/h1,3,8H,2,4-7,9-16H2. The summed E-state index contributed by atoms with van der Waals surface area (Å²) in [6.07, 6.45) is 4.60. The van der Waals surface area contributed by atoms with Crippen LogP contribution in [0.2, 0.25) is 0 Å². The smallest absolute Gasteiger partial charge is 0.223 e. The number of ether oxygens (including phenoxy) is 2. The van der Waals surface area contributed by atoms with Crippen LogP contribution in [-0.4, -0.2) is 89.9 Å². The van der Waals surface area contributed by atoms with E-state index >= 15 is 0 Å². The van der Waals surface area contributed by atoms with Gasteiger partial charge in [-0.2, -0.15) is 0 Å². The Kier molecular flexibility index (Phi) is 6.25. The summed E-state index contributed by atoms with van der Waals surface area (Å²) in [4.78, 5) is 41.4. The number of hydrogen-bond acceptors (Lipinski definition) is 8. The molecule has 2 aromatic heterocycles. The van der Waals surface area contributed by atoms with Gasteiger partial charge in [-0.1, -0.05) is 11.3 Å². The van der Waals surface area contributed by atoms with Crippen LogP contribution in [0.25, 0.3) is 10.3 Å². The molecule has 9 nitrogen and oxygen atoms in total. The predicted molar refractivity (Wildman–Crippen MR) is 121 cm³/mol. The Morgan fingerprint density at radius 3 is 2.41 bits per heavy atom. The molecule has 2 amide bonds. The minimum Gasteiger partial charge on any atom is -0.347 e. The maximum atomic E-state index is 12.8. The first-order valence-electron chi connectivity index (χ1n) is 11.4. The molecule has 0 N–H and O–H groups in total. The lowest BCUT2D eigenvalue weighted by molar-refractivity contribution is -0.187. The van der Waals surface area contributed by atoms with Crippen LogP contribution < -0.4 is 4.90 Å². The van der Waals surface area contributed by atoms with Crippen LogP contribution in [0.1, 0.15) is 32.1 Å². The van der Waals surface area contributed by atoms with Gasteiger partial charge < -0.3 is 24.2 Å². The third-order valence-corrected chi connectivity index (χ3v) is 7.56. The number of piperidine rings is 1. The Morgan fingerprint density at radius 2 is 1.69 bits per heavy atom. The van der Waals surface area contributed by atoms with Crippen molar-refractivity contribution in [3.05, 3.63) is 18.3 Å². The number of hydrogen-bond donors (Lipinski definition) is 0. The first-order chi connectivity index (χ1) is 15.6. The van der Waals surface area contributed by atoms with E-state index in [-0.39, 0.29) is 24.7 Å². The van der Waals surface area contributed by atoms with Gasteiger partial charge >= 0.3 is 0 Å². The quantitative estimate of drug-likeness (QED) is 0.690. The maximum absolute atomic E-state index is 12.8. The number of carbonyl (C=O) groups excluding carboxylic acids is 2. The van der Waals surface area contributed by atoms with Crippen molar-refractivity contribution in [2.24, 2.45) is 0 Å². The van der Waals surface area contributed by atoms with Crippen molar-refractivity contribution in [3.8, 4) is 0 Å². The number of amides is 2. The molecule has 2 aromatic rings. The van der Waals surface area contributed by atoms with Gasteiger partial charge in [-0.3, -0.25) is 9.59 Å². The molecule has 0 aliphatic carbocycles. The number of likely N-dealkylation sites (tertiary alicyclic amines) is 1. The highest BCUT2D eigenvalue weighted by Gasteiger charge is 2.40. The maximum Gasteiger partial charge on any atom is 0.223 e. The van der Waals surface area contributed by atoms with E-state index in [9.17, 15) is 9.59 Å². The van der Waals surface area contributed by atoms with Gasteiger partial charge in [0.2, 0.25) is 11.8 Å². The van der Waals surface area contributed by atoms with Gasteiger partial charge in [0, 0.05) is 71.1 Å². The average molecular weight is 460 g/mol. The second kappa shape index (κ2) is 9.29. The van der Waals surface area contributed by atoms with Crippen LogP contribution in [0.5, 0.6) is 0 Å². The number of fused-ring (bicyclic) bond motifs is 1. The Bertz CT molecular complexity index is 933. The van der Waals surface area contributed by atoms with E-state index < -0.39 is 5.79 Å². The first-order valence-corrected chi connectivity index (χ1v) is 12.2. The average Bonchev–Trinajstić information content (AvgIpc) is 3.38. The number of nitrogens with zero attached hydrogens (tertiary/aromatic N) is 5. The summed E-state index contributed by atoms with van der Waals surface area (Å²) in [5, 5.41) is 0.960. The predicted octanol–water partition coefficient (Wildman–Crippen LogP) is 1.88. The largest absolute Gasteiger partial charge is 0.347 e. The van der Waals surface area contributed by atoms with Crippen molar-refractivity contribution < 1.29 is 19.1 Å². The molecule has 0 unspecified atom stereocenters. The number of pyridine rings is 1. The monoisotopic (exact) mass is 459 g/mol. The molecule has 32 heavy (non-hydrogen) atoms. The Balaban J connectivity index is 1.09. The van der Waals surface area contributed by atoms with E-state index in [1.807, 2.05) is 21.9 Å². The topological polar surface area (TPSA) is 88.1 Å². The fourth-order valence-corrected chi connectivity index (χ4v) is 5.62. The zero-order valence-electron chi connectivity index (χ0n) is 18.2. The third-order valence-electron chi connectivity index (χ3n) is 6.52. The third kappa shape index (κ3) is 4.57. The Hall–Kier alpha value is -2.30. The molecule has 5 heterocycles. The number of rotatable bonds is 4. The Morgan fingerprint density at radius 1 is 0.969 bits per heavy atom. The van der Waals surface area contributed by atoms with Gasteiger partial charge in [0.05, 0.1) is 13.2 Å². The zero-order valence-corrected chi connectivity index (χ0v) is 19.0. The molecule has 0 atom stereocenters. The molecule has 0 radical (unpaired) electrons. The van der Waals surface area contributed by atoms with Crippen molar-refractivity contribution in [1.29, 1.82) is 0 Å². The second-order valence-corrected chi connectivity index (χ2v) is 9.49. The van der Waals surface area contributed by atoms with Gasteiger partial charge in [0.25, 0.3) is 0 Å². The molecule has 0 aromatic carbocycles. The second-order valence-electron chi connectivity index (χ2n) is 8.53. The van der Waals surface area contributed by atoms with Crippen molar-refractivity contribution in [1.82, 2.24) is 19.8 Å². The molecule has 3 fully saturated rings. The molecule has 3 saturated heterocycles. The van der Waals surface area contributed by atoms with Crippen molar-refractivity contribution in [2.75, 3.05) is 57.4 Å². The summed E-state index contributed by atoms with van der Waals surface area (Å²) >= 11 is 1.59. The number of aromatic nitrogens is 2. The van der Waals surface area contributed by atoms with Crippen molar-refractivity contribution in [2.45, 2.75) is 37.9 Å². The van der Waals surface area contributed by atoms with E-state index in [0.717, 1.165) is 35.0 Å².